The second-order valence-electron chi connectivity index (χ2n) is 6.88. The number of nitriles is 1. The molecule has 0 aliphatic rings. The van der Waals surface area contributed by atoms with Crippen LogP contribution in [0.2, 0.25) is 0 Å². The van der Waals surface area contributed by atoms with Gasteiger partial charge in [0, 0.05) is 11.1 Å². The first-order chi connectivity index (χ1) is 16.2. The number of benzene rings is 3. The summed E-state index contributed by atoms with van der Waals surface area (Å²) in [7, 11) is 0. The molecule has 0 amide bonds. The minimum absolute atomic E-state index is 0.0587. The van der Waals surface area contributed by atoms with Gasteiger partial charge in [-0.25, -0.2) is 4.39 Å². The number of hydrogen-bond acceptors (Lipinski definition) is 10. The van der Waals surface area contributed by atoms with Crippen LogP contribution in [0.15, 0.2) is 53.1 Å². The zero-order chi connectivity index (χ0) is 24.6. The number of aromatic hydroxyl groups is 3. The Hall–Kier alpha value is -5.31. The Bertz CT molecular complexity index is 1510. The molecule has 0 fully saturated rings. The lowest BCUT2D eigenvalue weighted by molar-refractivity contribution is -0.386. The molecule has 0 aliphatic heterocycles. The van der Waals surface area contributed by atoms with Gasteiger partial charge in [-0.15, -0.1) is 0 Å². The smallest absolute Gasteiger partial charge is 0.326 e. The van der Waals surface area contributed by atoms with E-state index in [0.717, 1.165) is 18.2 Å². The average Bonchev–Trinajstić information content (AvgIpc) is 3.31. The number of phenolic OH excluding ortho intramolecular Hbond substituents is 3. The Kier molecular flexibility index (Phi) is 5.36. The molecule has 0 unspecified atom stereocenters. The van der Waals surface area contributed by atoms with Crippen molar-refractivity contribution in [2.24, 2.45) is 0 Å². The monoisotopic (exact) mass is 462 g/mol. The number of hydrogen-bond donors (Lipinski definition) is 3. The molecule has 1 heterocycles. The molecule has 0 aliphatic carbocycles. The molecular formula is C22H11FN4O7. The van der Waals surface area contributed by atoms with E-state index in [-0.39, 0.29) is 28.1 Å². The van der Waals surface area contributed by atoms with Crippen molar-refractivity contribution in [1.29, 1.82) is 5.26 Å². The minimum atomic E-state index is -1.14. The third-order valence-electron chi connectivity index (χ3n) is 4.80. The highest BCUT2D eigenvalue weighted by molar-refractivity contribution is 6.16. The van der Waals surface area contributed by atoms with Crippen molar-refractivity contribution in [3.8, 4) is 46.2 Å². The molecule has 4 aromatic rings. The summed E-state index contributed by atoms with van der Waals surface area (Å²) in [5, 5.41) is 54.1. The van der Waals surface area contributed by atoms with Gasteiger partial charge in [0.1, 0.15) is 5.56 Å². The highest BCUT2D eigenvalue weighted by Crippen LogP contribution is 2.44. The number of carbonyl (C=O) groups is 1. The zero-order valence-corrected chi connectivity index (χ0v) is 16.8. The number of aromatic nitrogens is 2. The molecule has 4 rings (SSSR count). The molecule has 0 saturated heterocycles. The highest BCUT2D eigenvalue weighted by Gasteiger charge is 2.34. The largest absolute Gasteiger partial charge is 0.505 e. The van der Waals surface area contributed by atoms with Gasteiger partial charge in [0.2, 0.25) is 17.4 Å². The van der Waals surface area contributed by atoms with Crippen LogP contribution in [-0.4, -0.2) is 36.2 Å². The summed E-state index contributed by atoms with van der Waals surface area (Å²) in [4.78, 5) is 27.9. The second-order valence-corrected chi connectivity index (χ2v) is 6.88. The summed E-state index contributed by atoms with van der Waals surface area (Å²) in [5.41, 5.74) is -1.79. The number of ketones is 1. The molecule has 0 saturated carbocycles. The molecule has 34 heavy (non-hydrogen) atoms. The van der Waals surface area contributed by atoms with Crippen LogP contribution in [0.5, 0.6) is 17.2 Å². The highest BCUT2D eigenvalue weighted by atomic mass is 19.1. The van der Waals surface area contributed by atoms with Crippen molar-refractivity contribution in [2.45, 2.75) is 0 Å². The first-order valence-electron chi connectivity index (χ1n) is 9.32. The first kappa shape index (κ1) is 21.9. The zero-order valence-electron chi connectivity index (χ0n) is 16.8. The number of nitro groups is 1. The van der Waals surface area contributed by atoms with Crippen LogP contribution >= 0.6 is 0 Å². The van der Waals surface area contributed by atoms with Crippen molar-refractivity contribution >= 4 is 11.5 Å². The Morgan fingerprint density at radius 1 is 1.09 bits per heavy atom. The number of nitro benzene ring substituents is 1. The minimum Gasteiger partial charge on any atom is -0.505 e. The van der Waals surface area contributed by atoms with Gasteiger partial charge in [-0.1, -0.05) is 5.16 Å². The van der Waals surface area contributed by atoms with Crippen LogP contribution in [-0.2, 0) is 0 Å². The SMILES string of the molecule is N#Cc1ccc(C(=O)c2c(-c3nc(-c4ccc(F)c(O)c4)no3)cc(O)c(O)c2[N+](=O)[O-])cc1. The Morgan fingerprint density at radius 2 is 1.79 bits per heavy atom. The molecule has 0 atom stereocenters. The van der Waals surface area contributed by atoms with Crippen LogP contribution < -0.4 is 0 Å². The summed E-state index contributed by atoms with van der Waals surface area (Å²) in [6.45, 7) is 0. The van der Waals surface area contributed by atoms with Gasteiger partial charge in [-0.05, 0) is 48.5 Å². The van der Waals surface area contributed by atoms with Crippen LogP contribution in [0.3, 0.4) is 0 Å². The average molecular weight is 462 g/mol. The first-order valence-corrected chi connectivity index (χ1v) is 9.32. The molecule has 1 aromatic heterocycles. The van der Waals surface area contributed by atoms with Crippen molar-refractivity contribution in [1.82, 2.24) is 10.1 Å². The summed E-state index contributed by atoms with van der Waals surface area (Å²) in [5.74, 6) is -5.15. The lowest BCUT2D eigenvalue weighted by Crippen LogP contribution is -2.08. The van der Waals surface area contributed by atoms with Crippen LogP contribution in [0.25, 0.3) is 22.8 Å². The topological polar surface area (TPSA) is 184 Å². The maximum Gasteiger partial charge on any atom is 0.326 e. The van der Waals surface area contributed by atoms with Gasteiger partial charge in [-0.2, -0.15) is 10.2 Å². The maximum atomic E-state index is 13.4. The molecule has 168 valence electrons. The number of nitrogens with zero attached hydrogens (tertiary/aromatic N) is 4. The quantitative estimate of drug-likeness (QED) is 0.171. The number of rotatable bonds is 5. The molecule has 0 spiro atoms. The third kappa shape index (κ3) is 3.73. The molecule has 0 bridgehead atoms. The van der Waals surface area contributed by atoms with Gasteiger partial charge in [-0.3, -0.25) is 14.9 Å². The number of carbonyl (C=O) groups excluding carboxylic acids is 1. The van der Waals surface area contributed by atoms with Crippen molar-refractivity contribution in [2.75, 3.05) is 0 Å². The summed E-state index contributed by atoms with van der Waals surface area (Å²) in [6, 6.07) is 11.1. The van der Waals surface area contributed by atoms with Crippen LogP contribution in [0, 0.1) is 27.3 Å². The van der Waals surface area contributed by atoms with Crippen molar-refractivity contribution in [3.05, 3.63) is 81.2 Å². The lowest BCUT2D eigenvalue weighted by atomic mass is 9.95. The summed E-state index contributed by atoms with van der Waals surface area (Å²) >= 11 is 0. The predicted molar refractivity (Wildman–Crippen MR) is 111 cm³/mol. The van der Waals surface area contributed by atoms with E-state index in [1.807, 2.05) is 6.07 Å². The second kappa shape index (κ2) is 8.32. The molecule has 12 heteroatoms. The number of halogens is 1. The van der Waals surface area contributed by atoms with Crippen molar-refractivity contribution in [3.63, 3.8) is 0 Å². The summed E-state index contributed by atoms with van der Waals surface area (Å²) in [6.07, 6.45) is 0. The molecule has 11 nitrogen and oxygen atoms in total. The van der Waals surface area contributed by atoms with Crippen LogP contribution in [0.4, 0.5) is 10.1 Å². The molecule has 0 radical (unpaired) electrons. The molecular weight excluding hydrogens is 451 g/mol. The Balaban J connectivity index is 1.92. The maximum absolute atomic E-state index is 13.4. The van der Waals surface area contributed by atoms with Gasteiger partial charge in [0.25, 0.3) is 5.89 Å². The third-order valence-corrected chi connectivity index (χ3v) is 4.80. The number of phenols is 3. The van der Waals surface area contributed by atoms with E-state index in [9.17, 15) is 34.6 Å². The standard InChI is InChI=1S/C22H11FN4O7/c23-14-6-5-12(7-15(14)28)21-25-22(34-26-21)13-8-16(29)20(31)18(27(32)33)17(13)19(30)11-3-1-10(9-24)2-4-11/h1-8,28-29,31H. The van der Waals surface area contributed by atoms with Gasteiger partial charge < -0.3 is 19.8 Å². The fourth-order valence-corrected chi connectivity index (χ4v) is 3.16. The molecule has 3 aromatic carbocycles. The lowest BCUT2D eigenvalue weighted by Gasteiger charge is -2.09. The van der Waals surface area contributed by atoms with E-state index >= 15 is 0 Å². The van der Waals surface area contributed by atoms with E-state index in [4.69, 9.17) is 9.78 Å². The predicted octanol–water partition coefficient (Wildman–Crippen LogP) is 3.67. The van der Waals surface area contributed by atoms with Gasteiger partial charge >= 0.3 is 5.69 Å². The van der Waals surface area contributed by atoms with Gasteiger partial charge in [0.15, 0.2) is 17.3 Å². The molecule has 3 N–H and O–H groups in total. The van der Waals surface area contributed by atoms with E-state index in [1.165, 1.54) is 30.3 Å². The summed E-state index contributed by atoms with van der Waals surface area (Å²) < 4.78 is 18.5. The van der Waals surface area contributed by atoms with E-state index in [1.54, 1.807) is 0 Å². The normalized spacial score (nSPS) is 10.6. The van der Waals surface area contributed by atoms with E-state index in [0.29, 0.717) is 0 Å². The van der Waals surface area contributed by atoms with E-state index < -0.39 is 50.9 Å². The Labute approximate surface area is 188 Å². The van der Waals surface area contributed by atoms with Crippen molar-refractivity contribution < 1.29 is 34.0 Å². The van der Waals surface area contributed by atoms with Crippen LogP contribution in [0.1, 0.15) is 21.5 Å². The Morgan fingerprint density at radius 3 is 2.41 bits per heavy atom. The van der Waals surface area contributed by atoms with E-state index in [2.05, 4.69) is 10.1 Å². The fraction of sp³-hybridized carbons (Fsp3) is 0. The van der Waals surface area contributed by atoms with Gasteiger partial charge in [0.05, 0.1) is 22.1 Å². The fourth-order valence-electron chi connectivity index (χ4n) is 3.16.